The van der Waals surface area contributed by atoms with E-state index in [-0.39, 0.29) is 5.54 Å². The normalized spacial score (nSPS) is 24.3. The molecular formula is C15H21ClN2. The summed E-state index contributed by atoms with van der Waals surface area (Å²) in [6.07, 6.45) is 5.18. The van der Waals surface area contributed by atoms with Gasteiger partial charge in [0.05, 0.1) is 0 Å². The number of rotatable bonds is 2. The first kappa shape index (κ1) is 12.5. The third-order valence-electron chi connectivity index (χ3n) is 4.53. The summed E-state index contributed by atoms with van der Waals surface area (Å²) in [5, 5.41) is 4.39. The molecule has 1 aliphatic heterocycles. The highest BCUT2D eigenvalue weighted by Crippen LogP contribution is 2.46. The smallest absolute Gasteiger partial charge is 0.0476 e. The summed E-state index contributed by atoms with van der Waals surface area (Å²) in [7, 11) is 0. The first-order valence-corrected chi connectivity index (χ1v) is 7.41. The second-order valence-corrected chi connectivity index (χ2v) is 5.86. The molecule has 0 unspecified atom stereocenters. The van der Waals surface area contributed by atoms with E-state index < -0.39 is 0 Å². The highest BCUT2D eigenvalue weighted by Gasteiger charge is 2.42. The van der Waals surface area contributed by atoms with Crippen molar-refractivity contribution in [1.29, 1.82) is 0 Å². The Labute approximate surface area is 114 Å². The van der Waals surface area contributed by atoms with E-state index >= 15 is 0 Å². The number of hydrogen-bond donors (Lipinski definition) is 1. The minimum absolute atomic E-state index is 0.209. The minimum Gasteiger partial charge on any atom is -0.314 e. The molecule has 1 saturated carbocycles. The fraction of sp³-hybridized carbons (Fsp3) is 0.600. The van der Waals surface area contributed by atoms with Crippen molar-refractivity contribution < 1.29 is 0 Å². The Balaban J connectivity index is 1.98. The standard InChI is InChI=1S/C15H21ClN2/c16-14-6-2-1-5-13(14)15(7-3-4-8-15)18-11-9-17-10-12-18/h1-2,5-6,17H,3-4,7-12H2. The van der Waals surface area contributed by atoms with Crippen molar-refractivity contribution in [2.24, 2.45) is 0 Å². The molecule has 0 spiro atoms. The molecule has 3 rings (SSSR count). The van der Waals surface area contributed by atoms with Crippen molar-refractivity contribution in [3.8, 4) is 0 Å². The Bertz CT molecular complexity index is 407. The Morgan fingerprint density at radius 3 is 2.39 bits per heavy atom. The molecule has 0 aromatic heterocycles. The van der Waals surface area contributed by atoms with Crippen LogP contribution in [0.1, 0.15) is 31.2 Å². The lowest BCUT2D eigenvalue weighted by Gasteiger charge is -2.44. The van der Waals surface area contributed by atoms with Gasteiger partial charge in [-0.2, -0.15) is 0 Å². The van der Waals surface area contributed by atoms with E-state index in [1.165, 1.54) is 31.2 Å². The van der Waals surface area contributed by atoms with Crippen LogP contribution in [-0.2, 0) is 5.54 Å². The van der Waals surface area contributed by atoms with Gasteiger partial charge in [-0.1, -0.05) is 42.6 Å². The maximum Gasteiger partial charge on any atom is 0.0476 e. The van der Waals surface area contributed by atoms with Gasteiger partial charge in [0.1, 0.15) is 0 Å². The van der Waals surface area contributed by atoms with E-state index in [1.807, 2.05) is 12.1 Å². The SMILES string of the molecule is Clc1ccccc1C1(N2CCNCC2)CCCC1. The molecule has 1 N–H and O–H groups in total. The number of piperazine rings is 1. The summed E-state index contributed by atoms with van der Waals surface area (Å²) in [4.78, 5) is 2.66. The van der Waals surface area contributed by atoms with Crippen LogP contribution in [0.4, 0.5) is 0 Å². The topological polar surface area (TPSA) is 15.3 Å². The van der Waals surface area contributed by atoms with E-state index in [4.69, 9.17) is 11.6 Å². The molecule has 3 heteroatoms. The molecule has 1 aliphatic carbocycles. The van der Waals surface area contributed by atoms with E-state index in [0.29, 0.717) is 0 Å². The van der Waals surface area contributed by atoms with Gasteiger partial charge in [0.25, 0.3) is 0 Å². The highest BCUT2D eigenvalue weighted by molar-refractivity contribution is 6.31. The van der Waals surface area contributed by atoms with Gasteiger partial charge >= 0.3 is 0 Å². The van der Waals surface area contributed by atoms with Gasteiger partial charge in [-0.3, -0.25) is 4.90 Å². The third-order valence-corrected chi connectivity index (χ3v) is 4.86. The van der Waals surface area contributed by atoms with Crippen LogP contribution in [-0.4, -0.2) is 31.1 Å². The largest absolute Gasteiger partial charge is 0.314 e. The molecule has 0 amide bonds. The number of nitrogens with one attached hydrogen (secondary N) is 1. The van der Waals surface area contributed by atoms with Crippen LogP contribution >= 0.6 is 11.6 Å². The van der Waals surface area contributed by atoms with Crippen molar-refractivity contribution in [2.45, 2.75) is 31.2 Å². The lowest BCUT2D eigenvalue weighted by atomic mass is 9.85. The van der Waals surface area contributed by atoms with Gasteiger partial charge in [-0.05, 0) is 24.5 Å². The quantitative estimate of drug-likeness (QED) is 0.883. The van der Waals surface area contributed by atoms with E-state index in [0.717, 1.165) is 31.2 Å². The zero-order valence-electron chi connectivity index (χ0n) is 10.8. The van der Waals surface area contributed by atoms with Gasteiger partial charge in [0.15, 0.2) is 0 Å². The summed E-state index contributed by atoms with van der Waals surface area (Å²) < 4.78 is 0. The number of benzene rings is 1. The van der Waals surface area contributed by atoms with Crippen molar-refractivity contribution in [1.82, 2.24) is 10.2 Å². The molecule has 18 heavy (non-hydrogen) atoms. The zero-order chi connectivity index (χ0) is 12.4. The fourth-order valence-corrected chi connectivity index (χ4v) is 3.96. The van der Waals surface area contributed by atoms with Gasteiger partial charge in [-0.15, -0.1) is 0 Å². The summed E-state index contributed by atoms with van der Waals surface area (Å²) in [5.74, 6) is 0. The number of nitrogens with zero attached hydrogens (tertiary/aromatic N) is 1. The van der Waals surface area contributed by atoms with Crippen LogP contribution in [0.3, 0.4) is 0 Å². The average Bonchev–Trinajstić information content (AvgIpc) is 2.91. The second kappa shape index (κ2) is 5.20. The molecule has 1 aromatic carbocycles. The Hall–Kier alpha value is -0.570. The molecule has 2 fully saturated rings. The molecule has 0 atom stereocenters. The lowest BCUT2D eigenvalue weighted by Crippen LogP contribution is -2.53. The van der Waals surface area contributed by atoms with E-state index in [2.05, 4.69) is 22.3 Å². The summed E-state index contributed by atoms with van der Waals surface area (Å²) in [5.41, 5.74) is 1.56. The van der Waals surface area contributed by atoms with Crippen molar-refractivity contribution in [2.75, 3.05) is 26.2 Å². The highest BCUT2D eigenvalue weighted by atomic mass is 35.5. The van der Waals surface area contributed by atoms with Gasteiger partial charge in [0.2, 0.25) is 0 Å². The van der Waals surface area contributed by atoms with Crippen molar-refractivity contribution in [3.05, 3.63) is 34.9 Å². The minimum atomic E-state index is 0.209. The Kier molecular flexibility index (Phi) is 3.60. The maximum absolute atomic E-state index is 6.47. The number of hydrogen-bond acceptors (Lipinski definition) is 2. The molecule has 2 nitrogen and oxygen atoms in total. The van der Waals surface area contributed by atoms with Gasteiger partial charge < -0.3 is 5.32 Å². The van der Waals surface area contributed by atoms with Crippen LogP contribution < -0.4 is 5.32 Å². The van der Waals surface area contributed by atoms with E-state index in [9.17, 15) is 0 Å². The molecule has 2 aliphatic rings. The van der Waals surface area contributed by atoms with Gasteiger partial charge in [0, 0.05) is 36.7 Å². The summed E-state index contributed by atoms with van der Waals surface area (Å²) in [6.45, 7) is 4.49. The van der Waals surface area contributed by atoms with Crippen LogP contribution in [0.15, 0.2) is 24.3 Å². The molecule has 0 bridgehead atoms. The molecule has 1 aromatic rings. The Morgan fingerprint density at radius 1 is 1.06 bits per heavy atom. The van der Waals surface area contributed by atoms with Gasteiger partial charge in [-0.25, -0.2) is 0 Å². The summed E-state index contributed by atoms with van der Waals surface area (Å²) >= 11 is 6.47. The van der Waals surface area contributed by atoms with Crippen LogP contribution in [0.25, 0.3) is 0 Å². The Morgan fingerprint density at radius 2 is 1.72 bits per heavy atom. The van der Waals surface area contributed by atoms with Crippen molar-refractivity contribution in [3.63, 3.8) is 0 Å². The molecule has 1 heterocycles. The predicted octanol–water partition coefficient (Wildman–Crippen LogP) is 3.01. The molecule has 0 radical (unpaired) electrons. The predicted molar refractivity (Wildman–Crippen MR) is 76.0 cm³/mol. The zero-order valence-corrected chi connectivity index (χ0v) is 11.5. The third kappa shape index (κ3) is 2.07. The fourth-order valence-electron chi connectivity index (χ4n) is 3.65. The van der Waals surface area contributed by atoms with E-state index in [1.54, 1.807) is 0 Å². The maximum atomic E-state index is 6.47. The molecular weight excluding hydrogens is 244 g/mol. The summed E-state index contributed by atoms with van der Waals surface area (Å²) in [6, 6.07) is 8.44. The van der Waals surface area contributed by atoms with Crippen LogP contribution in [0.2, 0.25) is 5.02 Å². The van der Waals surface area contributed by atoms with Crippen LogP contribution in [0, 0.1) is 0 Å². The molecule has 1 saturated heterocycles. The monoisotopic (exact) mass is 264 g/mol. The first-order chi connectivity index (χ1) is 8.83. The second-order valence-electron chi connectivity index (χ2n) is 5.46. The number of halogens is 1. The lowest BCUT2D eigenvalue weighted by molar-refractivity contribution is 0.0758. The molecule has 98 valence electrons. The average molecular weight is 265 g/mol. The first-order valence-electron chi connectivity index (χ1n) is 7.04. The van der Waals surface area contributed by atoms with Crippen LogP contribution in [0.5, 0.6) is 0 Å². The van der Waals surface area contributed by atoms with Crippen molar-refractivity contribution >= 4 is 11.6 Å².